The van der Waals surface area contributed by atoms with Gasteiger partial charge in [-0.2, -0.15) is 0 Å². The van der Waals surface area contributed by atoms with E-state index in [0.29, 0.717) is 13.0 Å². The van der Waals surface area contributed by atoms with Gasteiger partial charge in [-0.25, -0.2) is 4.98 Å². The predicted octanol–water partition coefficient (Wildman–Crippen LogP) is 3.83. The van der Waals surface area contributed by atoms with Gasteiger partial charge in [0.15, 0.2) is 6.61 Å². The molecule has 0 saturated carbocycles. The number of benzene rings is 2. The number of aromatic nitrogens is 1. The van der Waals surface area contributed by atoms with Gasteiger partial charge in [0.2, 0.25) is 0 Å². The minimum absolute atomic E-state index is 0.228. The molecule has 1 N–H and O–H groups in total. The molecule has 5 nitrogen and oxygen atoms in total. The fourth-order valence-electron chi connectivity index (χ4n) is 2.91. The summed E-state index contributed by atoms with van der Waals surface area (Å²) >= 11 is 1.65. The molecule has 146 valence electrons. The molecule has 0 aliphatic heterocycles. The minimum Gasteiger partial charge on any atom is -0.456 e. The SMILES string of the molecule is Cc1ccccc1CCNC(=O)COC(=O)CCCc1nc2ccccc2s1. The van der Waals surface area contributed by atoms with E-state index in [9.17, 15) is 9.59 Å². The molecule has 0 spiro atoms. The standard InChI is InChI=1S/C22H24N2O3S/c1-16-7-2-3-8-17(16)13-14-23-20(25)15-27-22(26)12-6-11-21-24-18-9-4-5-10-19(18)28-21/h2-5,7-10H,6,11-15H2,1H3,(H,23,25). The van der Waals surface area contributed by atoms with Crippen LogP contribution >= 0.6 is 11.3 Å². The third-order valence-electron chi connectivity index (χ3n) is 4.45. The van der Waals surface area contributed by atoms with Gasteiger partial charge in [0.1, 0.15) is 0 Å². The monoisotopic (exact) mass is 396 g/mol. The Balaban J connectivity index is 1.30. The molecule has 3 aromatic rings. The van der Waals surface area contributed by atoms with Crippen LogP contribution in [0.5, 0.6) is 0 Å². The number of nitrogens with zero attached hydrogens (tertiary/aromatic N) is 1. The lowest BCUT2D eigenvalue weighted by atomic mass is 10.1. The topological polar surface area (TPSA) is 68.3 Å². The van der Waals surface area contributed by atoms with E-state index in [1.165, 1.54) is 11.1 Å². The van der Waals surface area contributed by atoms with Crippen molar-refractivity contribution in [1.82, 2.24) is 10.3 Å². The van der Waals surface area contributed by atoms with Gasteiger partial charge in [0.05, 0.1) is 15.2 Å². The number of rotatable bonds is 9. The predicted molar refractivity (Wildman–Crippen MR) is 111 cm³/mol. The van der Waals surface area contributed by atoms with Crippen molar-refractivity contribution in [2.45, 2.75) is 32.6 Å². The average Bonchev–Trinajstić information content (AvgIpc) is 3.10. The van der Waals surface area contributed by atoms with E-state index in [2.05, 4.69) is 10.3 Å². The summed E-state index contributed by atoms with van der Waals surface area (Å²) in [6.07, 6.45) is 2.44. The highest BCUT2D eigenvalue weighted by Crippen LogP contribution is 2.22. The summed E-state index contributed by atoms with van der Waals surface area (Å²) in [5.41, 5.74) is 3.40. The van der Waals surface area contributed by atoms with Crippen LogP contribution in [0.15, 0.2) is 48.5 Å². The van der Waals surface area contributed by atoms with Crippen LogP contribution in [0.1, 0.15) is 29.0 Å². The van der Waals surface area contributed by atoms with Crippen molar-refractivity contribution in [3.8, 4) is 0 Å². The molecule has 0 atom stereocenters. The van der Waals surface area contributed by atoms with Crippen molar-refractivity contribution in [3.05, 3.63) is 64.7 Å². The molecule has 2 aromatic carbocycles. The summed E-state index contributed by atoms with van der Waals surface area (Å²) in [4.78, 5) is 28.2. The van der Waals surface area contributed by atoms with Gasteiger partial charge >= 0.3 is 5.97 Å². The van der Waals surface area contributed by atoms with E-state index in [1.54, 1.807) is 11.3 Å². The molecule has 1 amide bonds. The maximum absolute atomic E-state index is 11.8. The van der Waals surface area contributed by atoms with E-state index in [-0.39, 0.29) is 24.9 Å². The Kier molecular flexibility index (Phi) is 7.14. The highest BCUT2D eigenvalue weighted by atomic mass is 32.1. The van der Waals surface area contributed by atoms with Crippen LogP contribution in [0.25, 0.3) is 10.2 Å². The Morgan fingerprint density at radius 1 is 1.07 bits per heavy atom. The van der Waals surface area contributed by atoms with E-state index in [0.717, 1.165) is 28.1 Å². The number of esters is 1. The molecule has 28 heavy (non-hydrogen) atoms. The first-order chi connectivity index (χ1) is 13.6. The molecule has 0 aliphatic carbocycles. The second-order valence-corrected chi connectivity index (χ2v) is 7.73. The first-order valence-electron chi connectivity index (χ1n) is 9.43. The zero-order chi connectivity index (χ0) is 19.8. The zero-order valence-electron chi connectivity index (χ0n) is 15.9. The van der Waals surface area contributed by atoms with Crippen LogP contribution in [0.4, 0.5) is 0 Å². The molecule has 0 bridgehead atoms. The Hall–Kier alpha value is -2.73. The lowest BCUT2D eigenvalue weighted by molar-refractivity contribution is -0.148. The van der Waals surface area contributed by atoms with Crippen LogP contribution in [-0.4, -0.2) is 30.0 Å². The van der Waals surface area contributed by atoms with E-state index < -0.39 is 0 Å². The van der Waals surface area contributed by atoms with Crippen molar-refractivity contribution in [1.29, 1.82) is 0 Å². The van der Waals surface area contributed by atoms with Gasteiger partial charge in [0, 0.05) is 13.0 Å². The number of aryl methyl sites for hydroxylation is 2. The molecule has 0 unspecified atom stereocenters. The number of para-hydroxylation sites is 1. The number of hydrogen-bond acceptors (Lipinski definition) is 5. The third-order valence-corrected chi connectivity index (χ3v) is 5.55. The molecule has 0 radical (unpaired) electrons. The Bertz CT molecular complexity index is 919. The molecule has 0 aliphatic rings. The summed E-state index contributed by atoms with van der Waals surface area (Å²) in [7, 11) is 0. The van der Waals surface area contributed by atoms with Gasteiger partial charge in [-0.1, -0.05) is 36.4 Å². The fraction of sp³-hybridized carbons (Fsp3) is 0.318. The number of fused-ring (bicyclic) bond motifs is 1. The highest BCUT2D eigenvalue weighted by Gasteiger charge is 2.09. The van der Waals surface area contributed by atoms with Crippen molar-refractivity contribution in [2.24, 2.45) is 0 Å². The first-order valence-corrected chi connectivity index (χ1v) is 10.2. The van der Waals surface area contributed by atoms with Gasteiger partial charge in [-0.15, -0.1) is 11.3 Å². The summed E-state index contributed by atoms with van der Waals surface area (Å²) < 4.78 is 6.21. The van der Waals surface area contributed by atoms with E-state index >= 15 is 0 Å². The lowest BCUT2D eigenvalue weighted by Crippen LogP contribution is -2.30. The Morgan fingerprint density at radius 2 is 1.86 bits per heavy atom. The Morgan fingerprint density at radius 3 is 2.68 bits per heavy atom. The van der Waals surface area contributed by atoms with Gasteiger partial charge < -0.3 is 10.1 Å². The molecule has 1 heterocycles. The molecule has 0 fully saturated rings. The first kappa shape index (κ1) is 20.0. The molecular formula is C22H24N2O3S. The number of carbonyl (C=O) groups is 2. The maximum Gasteiger partial charge on any atom is 0.306 e. The summed E-state index contributed by atoms with van der Waals surface area (Å²) in [6, 6.07) is 16.1. The lowest BCUT2D eigenvalue weighted by Gasteiger charge is -2.08. The molecule has 0 saturated heterocycles. The summed E-state index contributed by atoms with van der Waals surface area (Å²) in [5.74, 6) is -0.622. The van der Waals surface area contributed by atoms with E-state index in [1.807, 2.05) is 55.5 Å². The van der Waals surface area contributed by atoms with Crippen LogP contribution in [0.2, 0.25) is 0 Å². The second-order valence-electron chi connectivity index (χ2n) is 6.62. The van der Waals surface area contributed by atoms with Gasteiger partial charge in [-0.05, 0) is 49.4 Å². The number of amides is 1. The zero-order valence-corrected chi connectivity index (χ0v) is 16.8. The molecular weight excluding hydrogens is 372 g/mol. The second kappa shape index (κ2) is 9.99. The Labute approximate surface area is 168 Å². The normalized spacial score (nSPS) is 10.8. The quantitative estimate of drug-likeness (QED) is 0.558. The fourth-order valence-corrected chi connectivity index (χ4v) is 3.92. The summed E-state index contributed by atoms with van der Waals surface area (Å²) in [6.45, 7) is 2.35. The number of thiazole rings is 1. The van der Waals surface area contributed by atoms with Crippen molar-refractivity contribution in [2.75, 3.05) is 13.2 Å². The maximum atomic E-state index is 11.8. The van der Waals surface area contributed by atoms with Crippen molar-refractivity contribution < 1.29 is 14.3 Å². The number of nitrogens with one attached hydrogen (secondary N) is 1. The van der Waals surface area contributed by atoms with Crippen molar-refractivity contribution in [3.63, 3.8) is 0 Å². The van der Waals surface area contributed by atoms with Crippen molar-refractivity contribution >= 4 is 33.4 Å². The average molecular weight is 397 g/mol. The molecule has 3 rings (SSSR count). The van der Waals surface area contributed by atoms with Gasteiger partial charge in [0.25, 0.3) is 5.91 Å². The van der Waals surface area contributed by atoms with E-state index in [4.69, 9.17) is 4.74 Å². The largest absolute Gasteiger partial charge is 0.456 e. The van der Waals surface area contributed by atoms with Crippen LogP contribution < -0.4 is 5.32 Å². The summed E-state index contributed by atoms with van der Waals surface area (Å²) in [5, 5.41) is 3.80. The van der Waals surface area contributed by atoms with Crippen LogP contribution in [-0.2, 0) is 27.2 Å². The van der Waals surface area contributed by atoms with Crippen LogP contribution in [0, 0.1) is 6.92 Å². The number of hydrogen-bond donors (Lipinski definition) is 1. The third kappa shape index (κ3) is 5.89. The molecule has 6 heteroatoms. The minimum atomic E-state index is -0.352. The number of carbonyl (C=O) groups excluding carboxylic acids is 2. The smallest absolute Gasteiger partial charge is 0.306 e. The van der Waals surface area contributed by atoms with Gasteiger partial charge in [-0.3, -0.25) is 9.59 Å². The highest BCUT2D eigenvalue weighted by molar-refractivity contribution is 7.18. The van der Waals surface area contributed by atoms with Crippen LogP contribution in [0.3, 0.4) is 0 Å². The molecule has 1 aromatic heterocycles. The number of ether oxygens (including phenoxy) is 1.